The van der Waals surface area contributed by atoms with Crippen LogP contribution in [0.1, 0.15) is 19.2 Å². The van der Waals surface area contributed by atoms with Gasteiger partial charge in [0.25, 0.3) is 5.89 Å². The molecule has 0 radical (unpaired) electrons. The maximum atomic E-state index is 13.2. The molecule has 3 aromatic rings. The second-order valence-corrected chi connectivity index (χ2v) is 5.83. The number of benzene rings is 1. The molecule has 110 valence electrons. The standard InChI is InChI=1S/C15H16FN3OS/c1-2-17-7-3-4-14-18-19-15(20-14)13-8-10-5-6-11(16)9-12(10)21-13/h5-6,8-9,17H,2-4,7H2,1H3. The van der Waals surface area contributed by atoms with Gasteiger partial charge in [-0.15, -0.1) is 21.5 Å². The summed E-state index contributed by atoms with van der Waals surface area (Å²) in [6.45, 7) is 3.99. The molecular weight excluding hydrogens is 289 g/mol. The molecule has 0 fully saturated rings. The zero-order chi connectivity index (χ0) is 14.7. The lowest BCUT2D eigenvalue weighted by Crippen LogP contribution is -2.14. The summed E-state index contributed by atoms with van der Waals surface area (Å²) in [7, 11) is 0. The Balaban J connectivity index is 1.75. The van der Waals surface area contributed by atoms with E-state index in [1.54, 1.807) is 6.07 Å². The second-order valence-electron chi connectivity index (χ2n) is 4.75. The smallest absolute Gasteiger partial charge is 0.257 e. The fraction of sp³-hybridized carbons (Fsp3) is 0.333. The molecule has 0 aliphatic rings. The van der Waals surface area contributed by atoms with Gasteiger partial charge in [0.2, 0.25) is 5.89 Å². The maximum absolute atomic E-state index is 13.2. The zero-order valence-electron chi connectivity index (χ0n) is 11.7. The van der Waals surface area contributed by atoms with Crippen LogP contribution in [0.3, 0.4) is 0 Å². The van der Waals surface area contributed by atoms with Gasteiger partial charge < -0.3 is 9.73 Å². The minimum Gasteiger partial charge on any atom is -0.420 e. The van der Waals surface area contributed by atoms with Crippen molar-refractivity contribution in [3.8, 4) is 10.8 Å². The van der Waals surface area contributed by atoms with Crippen LogP contribution >= 0.6 is 11.3 Å². The largest absolute Gasteiger partial charge is 0.420 e. The van der Waals surface area contributed by atoms with Crippen molar-refractivity contribution in [2.45, 2.75) is 19.8 Å². The van der Waals surface area contributed by atoms with E-state index in [1.165, 1.54) is 23.5 Å². The number of rotatable bonds is 6. The van der Waals surface area contributed by atoms with E-state index in [1.807, 2.05) is 6.07 Å². The van der Waals surface area contributed by atoms with Gasteiger partial charge in [-0.3, -0.25) is 0 Å². The summed E-state index contributed by atoms with van der Waals surface area (Å²) < 4.78 is 19.8. The first-order chi connectivity index (χ1) is 10.3. The lowest BCUT2D eigenvalue weighted by atomic mass is 10.2. The molecule has 1 aromatic carbocycles. The zero-order valence-corrected chi connectivity index (χ0v) is 12.5. The summed E-state index contributed by atoms with van der Waals surface area (Å²) in [5, 5.41) is 12.4. The van der Waals surface area contributed by atoms with Gasteiger partial charge in [0.15, 0.2) is 0 Å². The fourth-order valence-corrected chi connectivity index (χ4v) is 3.11. The lowest BCUT2D eigenvalue weighted by molar-refractivity contribution is 0.493. The first-order valence-electron chi connectivity index (χ1n) is 6.99. The molecule has 0 atom stereocenters. The Bertz CT molecular complexity index is 737. The molecule has 2 heterocycles. The van der Waals surface area contributed by atoms with Crippen LogP contribution in [0.15, 0.2) is 28.7 Å². The van der Waals surface area contributed by atoms with Crippen LogP contribution in [0.4, 0.5) is 4.39 Å². The van der Waals surface area contributed by atoms with Crippen molar-refractivity contribution in [1.29, 1.82) is 0 Å². The molecule has 0 unspecified atom stereocenters. The number of aryl methyl sites for hydroxylation is 1. The average molecular weight is 305 g/mol. The Hall–Kier alpha value is -1.79. The molecule has 0 saturated carbocycles. The Morgan fingerprint density at radius 1 is 1.29 bits per heavy atom. The Morgan fingerprint density at radius 3 is 3.05 bits per heavy atom. The molecule has 0 aliphatic heterocycles. The van der Waals surface area contributed by atoms with Crippen molar-refractivity contribution < 1.29 is 8.81 Å². The maximum Gasteiger partial charge on any atom is 0.257 e. The molecule has 0 bridgehead atoms. The van der Waals surface area contributed by atoms with Crippen LogP contribution in [0.5, 0.6) is 0 Å². The molecule has 6 heteroatoms. The highest BCUT2D eigenvalue weighted by Crippen LogP contribution is 2.33. The van der Waals surface area contributed by atoms with Crippen molar-refractivity contribution in [3.63, 3.8) is 0 Å². The average Bonchev–Trinajstić information content (AvgIpc) is 3.09. The summed E-state index contributed by atoms with van der Waals surface area (Å²) in [5.74, 6) is 0.923. The topological polar surface area (TPSA) is 51.0 Å². The van der Waals surface area contributed by atoms with Crippen molar-refractivity contribution >= 4 is 21.4 Å². The van der Waals surface area contributed by atoms with E-state index in [0.717, 1.165) is 40.9 Å². The van der Waals surface area contributed by atoms with E-state index in [2.05, 4.69) is 22.4 Å². The van der Waals surface area contributed by atoms with Gasteiger partial charge in [0.05, 0.1) is 4.88 Å². The van der Waals surface area contributed by atoms with Crippen LogP contribution in [0.2, 0.25) is 0 Å². The highest BCUT2D eigenvalue weighted by Gasteiger charge is 2.12. The number of thiophene rings is 1. The third kappa shape index (κ3) is 3.28. The molecular formula is C15H16FN3OS. The Kier molecular flexibility index (Phi) is 4.26. The van der Waals surface area contributed by atoms with Gasteiger partial charge in [-0.1, -0.05) is 13.0 Å². The number of fused-ring (bicyclic) bond motifs is 1. The molecule has 0 aliphatic carbocycles. The van der Waals surface area contributed by atoms with E-state index in [9.17, 15) is 4.39 Å². The highest BCUT2D eigenvalue weighted by atomic mass is 32.1. The van der Waals surface area contributed by atoms with Crippen molar-refractivity contribution in [2.75, 3.05) is 13.1 Å². The van der Waals surface area contributed by atoms with E-state index < -0.39 is 0 Å². The quantitative estimate of drug-likeness (QED) is 0.707. The van der Waals surface area contributed by atoms with Crippen LogP contribution in [0, 0.1) is 5.82 Å². The molecule has 2 aromatic heterocycles. The lowest BCUT2D eigenvalue weighted by Gasteiger charge is -1.97. The fourth-order valence-electron chi connectivity index (χ4n) is 2.11. The Morgan fingerprint density at radius 2 is 2.19 bits per heavy atom. The van der Waals surface area contributed by atoms with E-state index in [4.69, 9.17) is 4.42 Å². The van der Waals surface area contributed by atoms with Gasteiger partial charge in [0.1, 0.15) is 5.82 Å². The first kappa shape index (κ1) is 14.2. The van der Waals surface area contributed by atoms with Crippen LogP contribution < -0.4 is 5.32 Å². The minimum atomic E-state index is -0.231. The third-order valence-corrected chi connectivity index (χ3v) is 4.24. The van der Waals surface area contributed by atoms with E-state index >= 15 is 0 Å². The summed E-state index contributed by atoms with van der Waals surface area (Å²) in [6, 6.07) is 6.70. The van der Waals surface area contributed by atoms with Crippen molar-refractivity contribution in [2.24, 2.45) is 0 Å². The number of nitrogens with one attached hydrogen (secondary N) is 1. The predicted octanol–water partition coefficient (Wildman–Crippen LogP) is 3.63. The third-order valence-electron chi connectivity index (χ3n) is 3.15. The minimum absolute atomic E-state index is 0.231. The molecule has 21 heavy (non-hydrogen) atoms. The highest BCUT2D eigenvalue weighted by molar-refractivity contribution is 7.22. The molecule has 4 nitrogen and oxygen atoms in total. The van der Waals surface area contributed by atoms with E-state index in [-0.39, 0.29) is 5.82 Å². The van der Waals surface area contributed by atoms with E-state index in [0.29, 0.717) is 11.8 Å². The van der Waals surface area contributed by atoms with Crippen LogP contribution in [0.25, 0.3) is 20.9 Å². The first-order valence-corrected chi connectivity index (χ1v) is 7.80. The number of hydrogen-bond donors (Lipinski definition) is 1. The second kappa shape index (κ2) is 6.32. The summed E-state index contributed by atoms with van der Waals surface area (Å²) in [6.07, 6.45) is 1.73. The predicted molar refractivity (Wildman–Crippen MR) is 81.9 cm³/mol. The Labute approximate surface area is 126 Å². The van der Waals surface area contributed by atoms with Gasteiger partial charge in [0, 0.05) is 11.1 Å². The van der Waals surface area contributed by atoms with Crippen LogP contribution in [-0.2, 0) is 6.42 Å². The number of hydrogen-bond acceptors (Lipinski definition) is 5. The molecule has 0 saturated heterocycles. The molecule has 0 amide bonds. The monoisotopic (exact) mass is 305 g/mol. The molecule has 0 spiro atoms. The van der Waals surface area contributed by atoms with Gasteiger partial charge in [-0.25, -0.2) is 4.39 Å². The molecule has 3 rings (SSSR count). The number of nitrogens with zero attached hydrogens (tertiary/aromatic N) is 2. The summed E-state index contributed by atoms with van der Waals surface area (Å²) in [4.78, 5) is 0.876. The van der Waals surface area contributed by atoms with Crippen LogP contribution in [-0.4, -0.2) is 23.3 Å². The molecule has 1 N–H and O–H groups in total. The summed E-state index contributed by atoms with van der Waals surface area (Å²) in [5.41, 5.74) is 0. The van der Waals surface area contributed by atoms with Gasteiger partial charge >= 0.3 is 0 Å². The van der Waals surface area contributed by atoms with Crippen molar-refractivity contribution in [3.05, 3.63) is 36.0 Å². The SMILES string of the molecule is CCNCCCc1nnc(-c2cc3ccc(F)cc3s2)o1. The van der Waals surface area contributed by atoms with Crippen molar-refractivity contribution in [1.82, 2.24) is 15.5 Å². The number of aromatic nitrogens is 2. The van der Waals surface area contributed by atoms with Gasteiger partial charge in [-0.05, 0) is 43.1 Å². The van der Waals surface area contributed by atoms with Gasteiger partial charge in [-0.2, -0.15) is 0 Å². The number of halogens is 1. The summed E-state index contributed by atoms with van der Waals surface area (Å²) >= 11 is 1.46. The normalized spacial score (nSPS) is 11.3.